The Kier molecular flexibility index (Phi) is 4.01. The Morgan fingerprint density at radius 3 is 2.69 bits per heavy atom. The van der Waals surface area contributed by atoms with E-state index in [-0.39, 0.29) is 17.5 Å². The van der Waals surface area contributed by atoms with Gasteiger partial charge in [-0.15, -0.1) is 5.10 Å². The predicted octanol–water partition coefficient (Wildman–Crippen LogP) is 2.60. The number of rotatable bonds is 3. The highest BCUT2D eigenvalue weighted by Gasteiger charge is 2.31. The van der Waals surface area contributed by atoms with Crippen LogP contribution in [-0.4, -0.2) is 30.7 Å². The van der Waals surface area contributed by atoms with Crippen LogP contribution in [0.5, 0.6) is 0 Å². The van der Waals surface area contributed by atoms with Crippen LogP contribution in [-0.2, 0) is 7.05 Å². The molecule has 1 saturated heterocycles. The topological polar surface area (TPSA) is 68.3 Å². The van der Waals surface area contributed by atoms with Crippen molar-refractivity contribution in [3.05, 3.63) is 52.0 Å². The fourth-order valence-electron chi connectivity index (χ4n) is 3.66. The predicted molar refractivity (Wildman–Crippen MR) is 101 cm³/mol. The second-order valence-corrected chi connectivity index (χ2v) is 7.34. The summed E-state index contributed by atoms with van der Waals surface area (Å²) < 4.78 is 3.34. The lowest BCUT2D eigenvalue weighted by Crippen LogP contribution is -2.33. The molecule has 3 aromatic heterocycles. The van der Waals surface area contributed by atoms with E-state index in [0.29, 0.717) is 11.5 Å². The van der Waals surface area contributed by atoms with Crippen LogP contribution in [0.25, 0.3) is 5.52 Å². The third-order valence-corrected chi connectivity index (χ3v) is 5.08. The summed E-state index contributed by atoms with van der Waals surface area (Å²) in [7, 11) is 1.78. The Labute approximate surface area is 152 Å². The highest BCUT2D eigenvalue weighted by Crippen LogP contribution is 2.33. The molecule has 0 bridgehead atoms. The molecule has 4 rings (SSSR count). The van der Waals surface area contributed by atoms with Crippen molar-refractivity contribution in [1.82, 2.24) is 24.1 Å². The molecule has 4 heterocycles. The first-order valence-electron chi connectivity index (χ1n) is 9.11. The smallest absolute Gasteiger partial charge is 0.280 e. The van der Waals surface area contributed by atoms with E-state index in [1.54, 1.807) is 22.3 Å². The Balaban J connectivity index is 1.84. The number of imidazole rings is 1. The van der Waals surface area contributed by atoms with Gasteiger partial charge in [0.05, 0.1) is 17.9 Å². The van der Waals surface area contributed by atoms with Gasteiger partial charge in [-0.05, 0) is 31.4 Å². The summed E-state index contributed by atoms with van der Waals surface area (Å²) in [6.45, 7) is 7.01. The largest absolute Gasteiger partial charge is 0.332 e. The molecule has 7 nitrogen and oxygen atoms in total. The summed E-state index contributed by atoms with van der Waals surface area (Å²) in [6.07, 6.45) is 5.58. The van der Waals surface area contributed by atoms with Crippen molar-refractivity contribution in [1.29, 1.82) is 0 Å². The van der Waals surface area contributed by atoms with E-state index < -0.39 is 0 Å². The van der Waals surface area contributed by atoms with Crippen LogP contribution in [0, 0.1) is 6.92 Å². The second-order valence-electron chi connectivity index (χ2n) is 7.34. The third-order valence-electron chi connectivity index (χ3n) is 5.08. The van der Waals surface area contributed by atoms with Crippen LogP contribution in [0.1, 0.15) is 55.7 Å². The van der Waals surface area contributed by atoms with Crippen molar-refractivity contribution in [3.8, 4) is 0 Å². The van der Waals surface area contributed by atoms with Crippen LogP contribution in [0.4, 0.5) is 5.95 Å². The zero-order chi connectivity index (χ0) is 18.4. The molecule has 0 saturated carbocycles. The number of hydrogen-bond acceptors (Lipinski definition) is 5. The summed E-state index contributed by atoms with van der Waals surface area (Å²) in [6, 6.07) is 4.30. The van der Waals surface area contributed by atoms with Crippen molar-refractivity contribution in [2.24, 2.45) is 7.05 Å². The van der Waals surface area contributed by atoms with Crippen LogP contribution < -0.4 is 10.5 Å². The van der Waals surface area contributed by atoms with E-state index >= 15 is 0 Å². The minimum Gasteiger partial charge on any atom is -0.332 e. The molecular weight excluding hydrogens is 328 g/mol. The first-order chi connectivity index (χ1) is 12.5. The maximum atomic E-state index is 12.8. The molecule has 0 N–H and O–H groups in total. The van der Waals surface area contributed by atoms with Crippen LogP contribution in [0.3, 0.4) is 0 Å². The molecule has 0 radical (unpaired) electrons. The zero-order valence-electron chi connectivity index (χ0n) is 15.7. The Hall–Kier alpha value is -2.70. The van der Waals surface area contributed by atoms with Gasteiger partial charge in [0, 0.05) is 25.7 Å². The number of pyridine rings is 1. The average molecular weight is 352 g/mol. The van der Waals surface area contributed by atoms with Gasteiger partial charge in [-0.1, -0.05) is 19.9 Å². The van der Waals surface area contributed by atoms with Gasteiger partial charge in [0.1, 0.15) is 5.82 Å². The van der Waals surface area contributed by atoms with Crippen LogP contribution in [0.2, 0.25) is 0 Å². The maximum absolute atomic E-state index is 12.8. The molecule has 1 aliphatic rings. The van der Waals surface area contributed by atoms with E-state index in [1.165, 1.54) is 0 Å². The van der Waals surface area contributed by atoms with Crippen molar-refractivity contribution in [2.75, 3.05) is 11.4 Å². The molecule has 0 aromatic carbocycles. The van der Waals surface area contributed by atoms with Crippen LogP contribution in [0.15, 0.2) is 29.3 Å². The van der Waals surface area contributed by atoms with Crippen molar-refractivity contribution in [3.63, 3.8) is 0 Å². The fraction of sp³-hybridized carbons (Fsp3) is 0.474. The van der Waals surface area contributed by atoms with Gasteiger partial charge < -0.3 is 4.90 Å². The minimum atomic E-state index is -0.0723. The Morgan fingerprint density at radius 1 is 1.19 bits per heavy atom. The van der Waals surface area contributed by atoms with E-state index in [1.807, 2.05) is 13.1 Å². The first kappa shape index (κ1) is 16.8. The van der Waals surface area contributed by atoms with E-state index in [2.05, 4.69) is 40.8 Å². The molecule has 7 heteroatoms. The van der Waals surface area contributed by atoms with Gasteiger partial charge in [0.25, 0.3) is 5.56 Å². The molecule has 0 amide bonds. The number of nitrogens with zero attached hydrogens (tertiary/aromatic N) is 6. The molecule has 1 aliphatic heterocycles. The molecule has 1 atom stereocenters. The molecule has 136 valence electrons. The fourth-order valence-corrected chi connectivity index (χ4v) is 3.66. The lowest BCUT2D eigenvalue weighted by Gasteiger charge is -2.26. The number of fused-ring (bicyclic) bond motifs is 1. The van der Waals surface area contributed by atoms with E-state index in [9.17, 15) is 4.79 Å². The Morgan fingerprint density at radius 2 is 2.00 bits per heavy atom. The number of anilines is 1. The van der Waals surface area contributed by atoms with Crippen molar-refractivity contribution in [2.45, 2.75) is 45.6 Å². The molecular formula is C19H24N6O. The van der Waals surface area contributed by atoms with E-state index in [4.69, 9.17) is 5.10 Å². The third kappa shape index (κ3) is 2.58. The summed E-state index contributed by atoms with van der Waals surface area (Å²) in [5.74, 6) is 1.67. The monoisotopic (exact) mass is 352 g/mol. The Bertz CT molecular complexity index is 1000. The molecule has 0 spiro atoms. The van der Waals surface area contributed by atoms with E-state index in [0.717, 1.165) is 36.5 Å². The molecule has 26 heavy (non-hydrogen) atoms. The lowest BCUT2D eigenvalue weighted by molar-refractivity contribution is 0.625. The van der Waals surface area contributed by atoms with Gasteiger partial charge in [-0.3, -0.25) is 14.3 Å². The van der Waals surface area contributed by atoms with Gasteiger partial charge in [0.2, 0.25) is 5.95 Å². The van der Waals surface area contributed by atoms with Gasteiger partial charge in [-0.2, -0.15) is 0 Å². The SMILES string of the molecule is Cc1ccc([C@H]2CCCN2c2nn3c(C(C)C)ncc3c(=O)n2C)nc1. The summed E-state index contributed by atoms with van der Waals surface area (Å²) in [4.78, 5) is 24.1. The zero-order valence-corrected chi connectivity index (χ0v) is 15.7. The number of aryl methyl sites for hydroxylation is 1. The van der Waals surface area contributed by atoms with Crippen molar-refractivity contribution >= 4 is 11.5 Å². The summed E-state index contributed by atoms with van der Waals surface area (Å²) in [5.41, 5.74) is 2.61. The quantitative estimate of drug-likeness (QED) is 0.725. The van der Waals surface area contributed by atoms with Gasteiger partial charge in [0.15, 0.2) is 5.52 Å². The normalized spacial score (nSPS) is 17.6. The standard InChI is InChI=1S/C19H24N6O/c1-12(2)17-21-11-16-18(26)23(4)19(22-25(16)17)24-9-5-6-15(24)14-8-7-13(3)10-20-14/h7-8,10-12,15H,5-6,9H2,1-4H3/t15-/m1/s1. The molecule has 0 aliphatic carbocycles. The summed E-state index contributed by atoms with van der Waals surface area (Å²) in [5, 5.41) is 4.81. The maximum Gasteiger partial charge on any atom is 0.280 e. The van der Waals surface area contributed by atoms with Gasteiger partial charge in [-0.25, -0.2) is 9.50 Å². The average Bonchev–Trinajstić information content (AvgIpc) is 3.25. The number of aromatic nitrogens is 5. The highest BCUT2D eigenvalue weighted by molar-refractivity contribution is 5.47. The van der Waals surface area contributed by atoms with Gasteiger partial charge >= 0.3 is 0 Å². The summed E-state index contributed by atoms with van der Waals surface area (Å²) >= 11 is 0. The minimum absolute atomic E-state index is 0.0723. The highest BCUT2D eigenvalue weighted by atomic mass is 16.1. The second kappa shape index (κ2) is 6.23. The first-order valence-corrected chi connectivity index (χ1v) is 9.11. The lowest BCUT2D eigenvalue weighted by atomic mass is 10.1. The molecule has 1 fully saturated rings. The molecule has 3 aromatic rings. The van der Waals surface area contributed by atoms with Crippen LogP contribution >= 0.6 is 0 Å². The van der Waals surface area contributed by atoms with Crippen molar-refractivity contribution < 1.29 is 0 Å². The number of hydrogen-bond donors (Lipinski definition) is 0. The molecule has 0 unspecified atom stereocenters.